The van der Waals surface area contributed by atoms with Gasteiger partial charge in [-0.25, -0.2) is 4.79 Å². The molecule has 1 rings (SSSR count). The quantitative estimate of drug-likeness (QED) is 0.298. The van der Waals surface area contributed by atoms with Crippen molar-refractivity contribution in [3.63, 3.8) is 0 Å². The summed E-state index contributed by atoms with van der Waals surface area (Å²) >= 11 is 0. The van der Waals surface area contributed by atoms with E-state index in [2.05, 4.69) is 6.58 Å². The Balaban J connectivity index is 2.17. The summed E-state index contributed by atoms with van der Waals surface area (Å²) in [6.45, 7) is 5.20. The van der Waals surface area contributed by atoms with Gasteiger partial charge in [-0.05, 0) is 19.1 Å². The Morgan fingerprint density at radius 1 is 1.10 bits per heavy atom. The molecule has 7 heteroatoms. The molecule has 0 spiro atoms. The average molecular weight is 314 g/mol. The molecule has 0 saturated carbocycles. The molecule has 0 heterocycles. The molecule has 0 aliphatic carbocycles. The van der Waals surface area contributed by atoms with Crippen molar-refractivity contribution in [2.45, 2.75) is 11.8 Å². The molecule has 0 aliphatic rings. The maximum absolute atomic E-state index is 11.7. The van der Waals surface area contributed by atoms with Gasteiger partial charge in [-0.15, -0.1) is 0 Å². The summed E-state index contributed by atoms with van der Waals surface area (Å²) in [5.74, 6) is -0.485. The predicted molar refractivity (Wildman–Crippen MR) is 76.2 cm³/mol. The van der Waals surface area contributed by atoms with Crippen LogP contribution < -0.4 is 0 Å². The Kier molecular flexibility index (Phi) is 7.07. The van der Waals surface area contributed by atoms with Gasteiger partial charge in [0.2, 0.25) is 0 Å². The van der Waals surface area contributed by atoms with E-state index in [9.17, 15) is 13.2 Å². The second-order valence-corrected chi connectivity index (χ2v) is 5.73. The molecule has 0 unspecified atom stereocenters. The lowest BCUT2D eigenvalue weighted by molar-refractivity contribution is -0.140. The highest BCUT2D eigenvalue weighted by molar-refractivity contribution is 7.86. The molecule has 0 aromatic heterocycles. The van der Waals surface area contributed by atoms with Crippen molar-refractivity contribution in [1.82, 2.24) is 0 Å². The van der Waals surface area contributed by atoms with Gasteiger partial charge in [-0.1, -0.05) is 24.8 Å². The zero-order valence-corrected chi connectivity index (χ0v) is 12.6. The predicted octanol–water partition coefficient (Wildman–Crippen LogP) is 1.53. The van der Waals surface area contributed by atoms with Crippen molar-refractivity contribution >= 4 is 16.1 Å². The highest BCUT2D eigenvalue weighted by atomic mass is 32.2. The Morgan fingerprint density at radius 3 is 2.33 bits per heavy atom. The summed E-state index contributed by atoms with van der Waals surface area (Å²) < 4.78 is 38.2. The largest absolute Gasteiger partial charge is 0.460 e. The third-order valence-electron chi connectivity index (χ3n) is 2.31. The fourth-order valence-electron chi connectivity index (χ4n) is 1.28. The van der Waals surface area contributed by atoms with Crippen LogP contribution in [-0.2, 0) is 28.6 Å². The minimum Gasteiger partial charge on any atom is -0.460 e. The number of benzene rings is 1. The van der Waals surface area contributed by atoms with Gasteiger partial charge in [0, 0.05) is 5.57 Å². The van der Waals surface area contributed by atoms with Crippen LogP contribution in [0.15, 0.2) is 47.4 Å². The minimum absolute atomic E-state index is 0.0800. The van der Waals surface area contributed by atoms with Gasteiger partial charge in [0.05, 0.1) is 24.7 Å². The average Bonchev–Trinajstić information content (AvgIpc) is 2.46. The fraction of sp³-hybridized carbons (Fsp3) is 0.357. The summed E-state index contributed by atoms with van der Waals surface area (Å²) in [6.07, 6.45) is 0. The lowest BCUT2D eigenvalue weighted by Gasteiger charge is -2.07. The Labute approximate surface area is 124 Å². The SMILES string of the molecule is C=C(C)C(=O)OCCOCCOS(=O)(=O)c1ccccc1. The van der Waals surface area contributed by atoms with E-state index in [4.69, 9.17) is 13.7 Å². The number of carbonyl (C=O) groups is 1. The van der Waals surface area contributed by atoms with Crippen molar-refractivity contribution in [2.24, 2.45) is 0 Å². The van der Waals surface area contributed by atoms with Crippen LogP contribution in [0.5, 0.6) is 0 Å². The molecule has 116 valence electrons. The highest BCUT2D eigenvalue weighted by Crippen LogP contribution is 2.10. The lowest BCUT2D eigenvalue weighted by Crippen LogP contribution is -2.15. The zero-order valence-electron chi connectivity index (χ0n) is 11.8. The standard InChI is InChI=1S/C14H18O6S/c1-12(2)14(15)19-10-8-18-9-11-20-21(16,17)13-6-4-3-5-7-13/h3-7H,1,8-11H2,2H3. The van der Waals surface area contributed by atoms with Gasteiger partial charge < -0.3 is 9.47 Å². The van der Waals surface area contributed by atoms with Gasteiger partial charge in [0.1, 0.15) is 6.61 Å². The number of hydrogen-bond acceptors (Lipinski definition) is 6. The van der Waals surface area contributed by atoms with E-state index in [-0.39, 0.29) is 31.3 Å². The van der Waals surface area contributed by atoms with Gasteiger partial charge in [0.25, 0.3) is 10.1 Å². The van der Waals surface area contributed by atoms with E-state index in [0.29, 0.717) is 5.57 Å². The van der Waals surface area contributed by atoms with Gasteiger partial charge in [0.15, 0.2) is 0 Å². The Bertz CT molecular complexity index is 564. The minimum atomic E-state index is -3.75. The van der Waals surface area contributed by atoms with E-state index in [1.54, 1.807) is 25.1 Å². The third-order valence-corrected chi connectivity index (χ3v) is 3.63. The van der Waals surface area contributed by atoms with Gasteiger partial charge in [-0.3, -0.25) is 4.18 Å². The lowest BCUT2D eigenvalue weighted by atomic mass is 10.4. The third kappa shape index (κ3) is 6.52. The van der Waals surface area contributed by atoms with Crippen LogP contribution in [0.4, 0.5) is 0 Å². The van der Waals surface area contributed by atoms with Crippen LogP contribution in [0.2, 0.25) is 0 Å². The topological polar surface area (TPSA) is 78.9 Å². The fourth-order valence-corrected chi connectivity index (χ4v) is 2.19. The molecule has 1 aromatic rings. The van der Waals surface area contributed by atoms with Crippen molar-refractivity contribution in [1.29, 1.82) is 0 Å². The molecule has 0 N–H and O–H groups in total. The number of rotatable bonds is 9. The number of carbonyl (C=O) groups excluding carboxylic acids is 1. The molecule has 0 bridgehead atoms. The summed E-state index contributed by atoms with van der Waals surface area (Å²) in [5, 5.41) is 0. The van der Waals surface area contributed by atoms with Crippen LogP contribution in [0.1, 0.15) is 6.92 Å². The van der Waals surface area contributed by atoms with E-state index >= 15 is 0 Å². The van der Waals surface area contributed by atoms with E-state index in [1.165, 1.54) is 12.1 Å². The normalized spacial score (nSPS) is 11.1. The van der Waals surface area contributed by atoms with E-state index < -0.39 is 16.1 Å². The molecule has 6 nitrogen and oxygen atoms in total. The molecule has 0 atom stereocenters. The van der Waals surface area contributed by atoms with Gasteiger partial charge in [-0.2, -0.15) is 8.42 Å². The molecule has 0 radical (unpaired) electrons. The molecular formula is C14H18O6S. The van der Waals surface area contributed by atoms with Crippen LogP contribution >= 0.6 is 0 Å². The summed E-state index contributed by atoms with van der Waals surface area (Å²) in [7, 11) is -3.75. The van der Waals surface area contributed by atoms with Crippen LogP contribution in [0.3, 0.4) is 0 Å². The Morgan fingerprint density at radius 2 is 1.71 bits per heavy atom. The van der Waals surface area contributed by atoms with Crippen LogP contribution in [0.25, 0.3) is 0 Å². The van der Waals surface area contributed by atoms with Crippen LogP contribution in [0, 0.1) is 0 Å². The Hall–Kier alpha value is -1.70. The molecule has 21 heavy (non-hydrogen) atoms. The number of esters is 1. The molecule has 1 aromatic carbocycles. The van der Waals surface area contributed by atoms with Crippen molar-refractivity contribution in [2.75, 3.05) is 26.4 Å². The second kappa shape index (κ2) is 8.56. The monoisotopic (exact) mass is 314 g/mol. The molecule has 0 fully saturated rings. The van der Waals surface area contributed by atoms with Gasteiger partial charge >= 0.3 is 5.97 Å². The maximum Gasteiger partial charge on any atom is 0.333 e. The van der Waals surface area contributed by atoms with E-state index in [1.807, 2.05) is 0 Å². The van der Waals surface area contributed by atoms with E-state index in [0.717, 1.165) is 0 Å². The van der Waals surface area contributed by atoms with Crippen LogP contribution in [-0.4, -0.2) is 40.8 Å². The summed E-state index contributed by atoms with van der Waals surface area (Å²) in [4.78, 5) is 11.1. The second-order valence-electron chi connectivity index (χ2n) is 4.12. The zero-order chi connectivity index (χ0) is 15.7. The molecule has 0 saturated heterocycles. The molecule has 0 aliphatic heterocycles. The number of ether oxygens (including phenoxy) is 2. The molecule has 0 amide bonds. The van der Waals surface area contributed by atoms with Crippen molar-refractivity contribution in [3.8, 4) is 0 Å². The van der Waals surface area contributed by atoms with Crippen molar-refractivity contribution in [3.05, 3.63) is 42.5 Å². The highest BCUT2D eigenvalue weighted by Gasteiger charge is 2.13. The number of hydrogen-bond donors (Lipinski definition) is 0. The van der Waals surface area contributed by atoms with Crippen molar-refractivity contribution < 1.29 is 26.9 Å². The first kappa shape index (κ1) is 17.4. The first-order valence-electron chi connectivity index (χ1n) is 6.28. The summed E-state index contributed by atoms with van der Waals surface area (Å²) in [5.41, 5.74) is 0.312. The first-order chi connectivity index (χ1) is 9.93. The first-order valence-corrected chi connectivity index (χ1v) is 7.69. The maximum atomic E-state index is 11.7. The smallest absolute Gasteiger partial charge is 0.333 e. The molecular weight excluding hydrogens is 296 g/mol. The summed E-state index contributed by atoms with van der Waals surface area (Å²) in [6, 6.07) is 7.85.